The van der Waals surface area contributed by atoms with Crippen LogP contribution in [0.2, 0.25) is 5.02 Å². The minimum absolute atomic E-state index is 0.0431. The number of aliphatic hydroxyl groups excluding tert-OH is 1. The van der Waals surface area contributed by atoms with Gasteiger partial charge in [0.1, 0.15) is 4.90 Å². The van der Waals surface area contributed by atoms with Crippen molar-refractivity contribution in [2.75, 3.05) is 0 Å². The molecule has 0 heterocycles. The second kappa shape index (κ2) is 6.65. The molecular formula is C15H22ClNO3S. The van der Waals surface area contributed by atoms with Gasteiger partial charge in [-0.3, -0.25) is 0 Å². The van der Waals surface area contributed by atoms with Gasteiger partial charge in [-0.05, 0) is 48.8 Å². The van der Waals surface area contributed by atoms with Gasteiger partial charge in [-0.25, -0.2) is 13.1 Å². The number of benzene rings is 1. The van der Waals surface area contributed by atoms with Crippen molar-refractivity contribution in [1.82, 2.24) is 4.72 Å². The van der Waals surface area contributed by atoms with E-state index in [-0.39, 0.29) is 22.6 Å². The average molecular weight is 332 g/mol. The van der Waals surface area contributed by atoms with Gasteiger partial charge in [-0.1, -0.05) is 31.5 Å². The van der Waals surface area contributed by atoms with Crippen LogP contribution in [0.4, 0.5) is 0 Å². The highest BCUT2D eigenvalue weighted by molar-refractivity contribution is 7.89. The smallest absolute Gasteiger partial charge is 0.242 e. The van der Waals surface area contributed by atoms with E-state index in [9.17, 15) is 8.42 Å². The maximum absolute atomic E-state index is 12.5. The zero-order chi connectivity index (χ0) is 15.6. The van der Waals surface area contributed by atoms with Crippen molar-refractivity contribution in [3.05, 3.63) is 28.8 Å². The van der Waals surface area contributed by atoms with E-state index >= 15 is 0 Å². The topological polar surface area (TPSA) is 66.4 Å². The third kappa shape index (κ3) is 4.19. The molecular weight excluding hydrogens is 310 g/mol. The van der Waals surface area contributed by atoms with E-state index in [0.717, 1.165) is 19.3 Å². The van der Waals surface area contributed by atoms with Crippen LogP contribution in [0.5, 0.6) is 0 Å². The molecule has 4 nitrogen and oxygen atoms in total. The van der Waals surface area contributed by atoms with Crippen molar-refractivity contribution < 1.29 is 13.5 Å². The lowest BCUT2D eigenvalue weighted by molar-refractivity contribution is 0.257. The van der Waals surface area contributed by atoms with Gasteiger partial charge in [0.05, 0.1) is 11.6 Å². The molecule has 2 N–H and O–H groups in total. The van der Waals surface area contributed by atoms with E-state index < -0.39 is 10.0 Å². The monoisotopic (exact) mass is 331 g/mol. The van der Waals surface area contributed by atoms with Gasteiger partial charge in [0.15, 0.2) is 0 Å². The molecule has 0 spiro atoms. The number of hydrogen-bond acceptors (Lipinski definition) is 3. The van der Waals surface area contributed by atoms with Crippen LogP contribution in [0, 0.1) is 11.8 Å². The van der Waals surface area contributed by atoms with Crippen LogP contribution in [-0.4, -0.2) is 19.6 Å². The first kappa shape index (κ1) is 16.7. The second-order valence-corrected chi connectivity index (χ2v) is 8.25. The zero-order valence-corrected chi connectivity index (χ0v) is 13.9. The molecule has 0 aromatic heterocycles. The summed E-state index contributed by atoms with van der Waals surface area (Å²) in [6.45, 7) is 4.09. The number of hydrogen-bond donors (Lipinski definition) is 2. The molecule has 118 valence electrons. The van der Waals surface area contributed by atoms with Crippen molar-refractivity contribution in [2.45, 2.75) is 50.7 Å². The Hall–Kier alpha value is -0.620. The van der Waals surface area contributed by atoms with Crippen LogP contribution in [-0.2, 0) is 16.6 Å². The predicted octanol–water partition coefficient (Wildman–Crippen LogP) is 2.94. The Bertz CT molecular complexity index is 593. The van der Waals surface area contributed by atoms with Crippen LogP contribution in [0.25, 0.3) is 0 Å². The Morgan fingerprint density at radius 3 is 2.43 bits per heavy atom. The molecule has 0 aliphatic heterocycles. The van der Waals surface area contributed by atoms with Gasteiger partial charge in [0, 0.05) is 6.04 Å². The standard InChI is InChI=1S/C15H22ClNO3S/c1-10-5-11(2)7-13(6-10)17-21(19,20)15-8-12(9-18)3-4-14(15)16/h3-4,8,10-11,13,17-18H,5-7,9H2,1-2H3. The van der Waals surface area contributed by atoms with Crippen molar-refractivity contribution in [1.29, 1.82) is 0 Å². The largest absolute Gasteiger partial charge is 0.392 e. The van der Waals surface area contributed by atoms with E-state index in [1.807, 2.05) is 0 Å². The summed E-state index contributed by atoms with van der Waals surface area (Å²) in [4.78, 5) is 0.0431. The molecule has 0 saturated heterocycles. The van der Waals surface area contributed by atoms with E-state index in [4.69, 9.17) is 16.7 Å². The maximum Gasteiger partial charge on any atom is 0.242 e. The normalized spacial score (nSPS) is 26.8. The molecule has 2 unspecified atom stereocenters. The first-order chi connectivity index (χ1) is 9.81. The minimum atomic E-state index is -3.66. The molecule has 21 heavy (non-hydrogen) atoms. The molecule has 0 amide bonds. The molecule has 1 fully saturated rings. The fraction of sp³-hybridized carbons (Fsp3) is 0.600. The van der Waals surface area contributed by atoms with Gasteiger partial charge in [-0.15, -0.1) is 0 Å². The van der Waals surface area contributed by atoms with Gasteiger partial charge < -0.3 is 5.11 Å². The number of rotatable bonds is 4. The Morgan fingerprint density at radius 2 is 1.86 bits per heavy atom. The molecule has 1 aromatic rings. The Balaban J connectivity index is 2.22. The highest BCUT2D eigenvalue weighted by atomic mass is 35.5. The van der Waals surface area contributed by atoms with Crippen molar-refractivity contribution >= 4 is 21.6 Å². The molecule has 6 heteroatoms. The summed E-state index contributed by atoms with van der Waals surface area (Å²) in [6, 6.07) is 4.50. The number of aliphatic hydroxyl groups is 1. The highest BCUT2D eigenvalue weighted by Crippen LogP contribution is 2.30. The van der Waals surface area contributed by atoms with Crippen LogP contribution in [0.15, 0.2) is 23.1 Å². The quantitative estimate of drug-likeness (QED) is 0.891. The number of nitrogens with one attached hydrogen (secondary N) is 1. The van der Waals surface area contributed by atoms with Crippen molar-refractivity contribution in [3.8, 4) is 0 Å². The molecule has 1 aliphatic rings. The summed E-state index contributed by atoms with van der Waals surface area (Å²) < 4.78 is 27.8. The fourth-order valence-corrected chi connectivity index (χ4v) is 4.99. The maximum atomic E-state index is 12.5. The predicted molar refractivity (Wildman–Crippen MR) is 83.7 cm³/mol. The lowest BCUT2D eigenvalue weighted by Crippen LogP contribution is -2.40. The molecule has 1 saturated carbocycles. The summed E-state index contributed by atoms with van der Waals surface area (Å²) in [6.07, 6.45) is 2.83. The molecule has 1 aliphatic carbocycles. The Kier molecular flexibility index (Phi) is 5.30. The third-order valence-corrected chi connectivity index (χ3v) is 5.97. The summed E-state index contributed by atoms with van der Waals surface area (Å²) in [5.41, 5.74) is 0.533. The van der Waals surface area contributed by atoms with Crippen LogP contribution in [0.1, 0.15) is 38.7 Å². The lowest BCUT2D eigenvalue weighted by atomic mass is 9.81. The third-order valence-electron chi connectivity index (χ3n) is 3.97. The Labute approximate surface area is 131 Å². The van der Waals surface area contributed by atoms with Gasteiger partial charge in [-0.2, -0.15) is 0 Å². The summed E-state index contributed by atoms with van der Waals surface area (Å²) >= 11 is 6.01. The molecule has 2 rings (SSSR count). The van der Waals surface area contributed by atoms with Crippen LogP contribution >= 0.6 is 11.6 Å². The molecule has 2 atom stereocenters. The minimum Gasteiger partial charge on any atom is -0.392 e. The molecule has 0 bridgehead atoms. The van der Waals surface area contributed by atoms with Gasteiger partial charge >= 0.3 is 0 Å². The van der Waals surface area contributed by atoms with E-state index in [1.54, 1.807) is 6.07 Å². The summed E-state index contributed by atoms with van der Waals surface area (Å²) in [5, 5.41) is 9.33. The van der Waals surface area contributed by atoms with E-state index in [0.29, 0.717) is 17.4 Å². The summed E-state index contributed by atoms with van der Waals surface area (Å²) in [5.74, 6) is 1.03. The van der Waals surface area contributed by atoms with E-state index in [2.05, 4.69) is 18.6 Å². The number of halogens is 1. The second-order valence-electron chi connectivity index (χ2n) is 6.16. The van der Waals surface area contributed by atoms with Gasteiger partial charge in [0.2, 0.25) is 10.0 Å². The van der Waals surface area contributed by atoms with Crippen molar-refractivity contribution in [2.24, 2.45) is 11.8 Å². The summed E-state index contributed by atoms with van der Waals surface area (Å²) in [7, 11) is -3.66. The Morgan fingerprint density at radius 1 is 1.24 bits per heavy atom. The van der Waals surface area contributed by atoms with Crippen molar-refractivity contribution in [3.63, 3.8) is 0 Å². The SMILES string of the molecule is CC1CC(C)CC(NS(=O)(=O)c2cc(CO)ccc2Cl)C1. The van der Waals surface area contributed by atoms with Gasteiger partial charge in [0.25, 0.3) is 0 Å². The molecule has 0 radical (unpaired) electrons. The zero-order valence-electron chi connectivity index (χ0n) is 12.3. The highest BCUT2D eigenvalue weighted by Gasteiger charge is 2.29. The van der Waals surface area contributed by atoms with Crippen LogP contribution in [0.3, 0.4) is 0 Å². The van der Waals surface area contributed by atoms with E-state index in [1.165, 1.54) is 12.1 Å². The first-order valence-electron chi connectivity index (χ1n) is 7.23. The van der Waals surface area contributed by atoms with Crippen LogP contribution < -0.4 is 4.72 Å². The molecule has 1 aromatic carbocycles. The lowest BCUT2D eigenvalue weighted by Gasteiger charge is -2.31. The fourth-order valence-electron chi connectivity index (χ4n) is 3.18. The first-order valence-corrected chi connectivity index (χ1v) is 9.09. The average Bonchev–Trinajstić information content (AvgIpc) is 2.37. The number of sulfonamides is 1.